The zero-order chi connectivity index (χ0) is 15.4. The molecule has 0 unspecified atom stereocenters. The molecule has 0 bridgehead atoms. The van der Waals surface area contributed by atoms with E-state index in [1.807, 2.05) is 32.0 Å². The van der Waals surface area contributed by atoms with Crippen LogP contribution in [0.15, 0.2) is 30.5 Å². The summed E-state index contributed by atoms with van der Waals surface area (Å²) < 4.78 is 10.7. The third kappa shape index (κ3) is 3.51. The van der Waals surface area contributed by atoms with Crippen LogP contribution < -0.4 is 10.5 Å². The van der Waals surface area contributed by atoms with Gasteiger partial charge in [-0.2, -0.15) is 0 Å². The molecule has 0 amide bonds. The number of aromatic nitrogens is 1. The van der Waals surface area contributed by atoms with Crippen molar-refractivity contribution in [3.05, 3.63) is 47.2 Å². The van der Waals surface area contributed by atoms with E-state index in [1.165, 1.54) is 12.3 Å². The third-order valence-electron chi connectivity index (χ3n) is 2.95. The summed E-state index contributed by atoms with van der Waals surface area (Å²) in [6.45, 7) is 5.99. The number of hydrogen-bond donors (Lipinski definition) is 1. The van der Waals surface area contributed by atoms with Gasteiger partial charge in [-0.1, -0.05) is 17.7 Å². The molecule has 110 valence electrons. The van der Waals surface area contributed by atoms with Gasteiger partial charge in [0, 0.05) is 6.07 Å². The van der Waals surface area contributed by atoms with E-state index in [1.54, 1.807) is 6.92 Å². The van der Waals surface area contributed by atoms with Gasteiger partial charge in [-0.05, 0) is 32.4 Å². The number of rotatable bonds is 4. The molecule has 0 spiro atoms. The van der Waals surface area contributed by atoms with Gasteiger partial charge in [0.05, 0.1) is 24.1 Å². The molecular weight excluding hydrogens is 268 g/mol. The van der Waals surface area contributed by atoms with Gasteiger partial charge in [0.1, 0.15) is 5.75 Å². The van der Waals surface area contributed by atoms with Crippen LogP contribution in [0.1, 0.15) is 28.4 Å². The van der Waals surface area contributed by atoms with Crippen LogP contribution in [0, 0.1) is 13.8 Å². The lowest BCUT2D eigenvalue weighted by molar-refractivity contribution is 0.0527. The predicted molar refractivity (Wildman–Crippen MR) is 80.6 cm³/mol. The van der Waals surface area contributed by atoms with Crippen LogP contribution in [-0.4, -0.2) is 17.6 Å². The van der Waals surface area contributed by atoms with E-state index in [-0.39, 0.29) is 17.9 Å². The molecule has 21 heavy (non-hydrogen) atoms. The molecule has 0 saturated heterocycles. The van der Waals surface area contributed by atoms with Gasteiger partial charge in [-0.3, -0.25) is 0 Å². The first-order valence-electron chi connectivity index (χ1n) is 6.69. The SMILES string of the molecule is CCOC(=O)c1cc(Oc2ccc(C)cc2C)ncc1N. The lowest BCUT2D eigenvalue weighted by Crippen LogP contribution is -2.08. The Morgan fingerprint density at radius 2 is 2.05 bits per heavy atom. The van der Waals surface area contributed by atoms with Crippen molar-refractivity contribution in [2.75, 3.05) is 12.3 Å². The minimum atomic E-state index is -0.483. The van der Waals surface area contributed by atoms with E-state index >= 15 is 0 Å². The molecule has 1 aromatic carbocycles. The Kier molecular flexibility index (Phi) is 4.42. The van der Waals surface area contributed by atoms with Crippen LogP contribution in [0.25, 0.3) is 0 Å². The van der Waals surface area contributed by atoms with Crippen LogP contribution in [0.3, 0.4) is 0 Å². The van der Waals surface area contributed by atoms with Gasteiger partial charge in [0.2, 0.25) is 5.88 Å². The van der Waals surface area contributed by atoms with E-state index in [9.17, 15) is 4.79 Å². The summed E-state index contributed by atoms with van der Waals surface area (Å²) in [5.74, 6) is 0.509. The normalized spacial score (nSPS) is 10.2. The van der Waals surface area contributed by atoms with Crippen LogP contribution in [0.4, 0.5) is 5.69 Å². The number of anilines is 1. The Hall–Kier alpha value is -2.56. The predicted octanol–water partition coefficient (Wildman–Crippen LogP) is 3.25. The second-order valence-corrected chi connectivity index (χ2v) is 4.70. The fourth-order valence-electron chi connectivity index (χ4n) is 1.91. The van der Waals surface area contributed by atoms with Crippen LogP contribution in [0.5, 0.6) is 11.6 Å². The Bertz CT molecular complexity index is 669. The lowest BCUT2D eigenvalue weighted by atomic mass is 10.1. The van der Waals surface area contributed by atoms with Crippen LogP contribution >= 0.6 is 0 Å². The molecule has 0 aliphatic heterocycles. The zero-order valence-corrected chi connectivity index (χ0v) is 12.3. The number of carbonyl (C=O) groups excluding carboxylic acids is 1. The van der Waals surface area contributed by atoms with Crippen molar-refractivity contribution in [3.63, 3.8) is 0 Å². The molecule has 0 aliphatic rings. The molecule has 1 aromatic heterocycles. The average Bonchev–Trinajstić information content (AvgIpc) is 2.44. The molecule has 0 radical (unpaired) electrons. The van der Waals surface area contributed by atoms with E-state index in [0.717, 1.165) is 11.1 Å². The highest BCUT2D eigenvalue weighted by molar-refractivity contribution is 5.95. The van der Waals surface area contributed by atoms with E-state index < -0.39 is 5.97 Å². The number of aryl methyl sites for hydroxylation is 2. The molecule has 0 fully saturated rings. The molecule has 0 atom stereocenters. The Morgan fingerprint density at radius 1 is 1.29 bits per heavy atom. The second kappa shape index (κ2) is 6.26. The summed E-state index contributed by atoms with van der Waals surface area (Å²) in [6, 6.07) is 7.32. The summed E-state index contributed by atoms with van der Waals surface area (Å²) >= 11 is 0. The zero-order valence-electron chi connectivity index (χ0n) is 12.3. The molecule has 2 N–H and O–H groups in total. The number of hydrogen-bond acceptors (Lipinski definition) is 5. The smallest absolute Gasteiger partial charge is 0.340 e. The summed E-state index contributed by atoms with van der Waals surface area (Å²) in [4.78, 5) is 15.9. The van der Waals surface area contributed by atoms with Crippen molar-refractivity contribution >= 4 is 11.7 Å². The van der Waals surface area contributed by atoms with Crippen molar-refractivity contribution in [2.45, 2.75) is 20.8 Å². The summed E-state index contributed by atoms with van der Waals surface area (Å²) in [5.41, 5.74) is 8.41. The first-order valence-corrected chi connectivity index (χ1v) is 6.69. The summed E-state index contributed by atoms with van der Waals surface area (Å²) in [7, 11) is 0. The number of nitrogens with zero attached hydrogens (tertiary/aromatic N) is 1. The number of pyridine rings is 1. The van der Waals surface area contributed by atoms with E-state index in [4.69, 9.17) is 15.2 Å². The molecule has 1 heterocycles. The third-order valence-corrected chi connectivity index (χ3v) is 2.95. The Labute approximate surface area is 123 Å². The fourth-order valence-corrected chi connectivity index (χ4v) is 1.91. The van der Waals surface area contributed by atoms with Crippen LogP contribution in [-0.2, 0) is 4.74 Å². The first-order chi connectivity index (χ1) is 10.0. The maximum Gasteiger partial charge on any atom is 0.340 e. The lowest BCUT2D eigenvalue weighted by Gasteiger charge is -2.10. The summed E-state index contributed by atoms with van der Waals surface area (Å²) in [6.07, 6.45) is 1.39. The number of carbonyl (C=O) groups is 1. The molecule has 0 saturated carbocycles. The van der Waals surface area contributed by atoms with Crippen molar-refractivity contribution in [1.29, 1.82) is 0 Å². The van der Waals surface area contributed by atoms with Gasteiger partial charge >= 0.3 is 5.97 Å². The van der Waals surface area contributed by atoms with Gasteiger partial charge < -0.3 is 15.2 Å². The maximum atomic E-state index is 11.8. The van der Waals surface area contributed by atoms with E-state index in [2.05, 4.69) is 4.98 Å². The molecular formula is C16H18N2O3. The standard InChI is InChI=1S/C16H18N2O3/c1-4-20-16(19)12-8-15(18-9-13(12)17)21-14-6-5-10(2)7-11(14)3/h5-9H,4,17H2,1-3H3. The average molecular weight is 286 g/mol. The highest BCUT2D eigenvalue weighted by Gasteiger charge is 2.14. The minimum absolute atomic E-state index is 0.256. The van der Waals surface area contributed by atoms with Gasteiger partial charge in [0.25, 0.3) is 0 Å². The first kappa shape index (κ1) is 14.8. The Morgan fingerprint density at radius 3 is 2.71 bits per heavy atom. The van der Waals surface area contributed by atoms with Crippen molar-refractivity contribution in [2.24, 2.45) is 0 Å². The quantitative estimate of drug-likeness (QED) is 0.873. The van der Waals surface area contributed by atoms with Crippen molar-refractivity contribution < 1.29 is 14.3 Å². The minimum Gasteiger partial charge on any atom is -0.462 e. The molecule has 2 aromatic rings. The highest BCUT2D eigenvalue weighted by atomic mass is 16.5. The molecule has 5 nitrogen and oxygen atoms in total. The summed E-state index contributed by atoms with van der Waals surface area (Å²) in [5, 5.41) is 0. The van der Waals surface area contributed by atoms with Crippen molar-refractivity contribution in [1.82, 2.24) is 4.98 Å². The number of esters is 1. The van der Waals surface area contributed by atoms with E-state index in [0.29, 0.717) is 11.6 Å². The molecule has 5 heteroatoms. The maximum absolute atomic E-state index is 11.8. The van der Waals surface area contributed by atoms with Crippen LogP contribution in [0.2, 0.25) is 0 Å². The highest BCUT2D eigenvalue weighted by Crippen LogP contribution is 2.26. The van der Waals surface area contributed by atoms with Gasteiger partial charge in [0.15, 0.2) is 0 Å². The largest absolute Gasteiger partial charge is 0.462 e. The van der Waals surface area contributed by atoms with Gasteiger partial charge in [-0.15, -0.1) is 0 Å². The number of ether oxygens (including phenoxy) is 2. The molecule has 2 rings (SSSR count). The fraction of sp³-hybridized carbons (Fsp3) is 0.250. The van der Waals surface area contributed by atoms with Crippen molar-refractivity contribution in [3.8, 4) is 11.6 Å². The second-order valence-electron chi connectivity index (χ2n) is 4.70. The Balaban J connectivity index is 2.28. The molecule has 0 aliphatic carbocycles. The number of nitrogen functional groups attached to an aromatic ring is 1. The monoisotopic (exact) mass is 286 g/mol. The topological polar surface area (TPSA) is 74.4 Å². The number of benzene rings is 1. The number of nitrogens with two attached hydrogens (primary N) is 1. The van der Waals surface area contributed by atoms with Gasteiger partial charge in [-0.25, -0.2) is 9.78 Å².